The number of carbonyl (C=O) groups is 1. The Morgan fingerprint density at radius 2 is 1.86 bits per heavy atom. The minimum Gasteiger partial charge on any atom is -0.507 e. The van der Waals surface area contributed by atoms with E-state index in [1.54, 1.807) is 0 Å². The summed E-state index contributed by atoms with van der Waals surface area (Å²) in [5.74, 6) is -0.0912. The number of hydrogen-bond acceptors (Lipinski definition) is 3. The fourth-order valence-corrected chi connectivity index (χ4v) is 2.73. The molecule has 3 N–H and O–H groups in total. The van der Waals surface area contributed by atoms with Crippen molar-refractivity contribution >= 4 is 16.7 Å². The summed E-state index contributed by atoms with van der Waals surface area (Å²) in [7, 11) is 0. The minimum absolute atomic E-state index is 0.0953. The van der Waals surface area contributed by atoms with Crippen LogP contribution in [0.5, 0.6) is 5.75 Å². The molecule has 2 rings (SSSR count). The van der Waals surface area contributed by atoms with E-state index in [9.17, 15) is 9.90 Å². The molecule has 21 heavy (non-hydrogen) atoms. The van der Waals surface area contributed by atoms with Crippen LogP contribution in [0.3, 0.4) is 0 Å². The van der Waals surface area contributed by atoms with Crippen molar-refractivity contribution in [2.45, 2.75) is 32.9 Å². The summed E-state index contributed by atoms with van der Waals surface area (Å²) in [5.41, 5.74) is 6.14. The maximum absolute atomic E-state index is 11.3. The monoisotopic (exact) mass is 286 g/mol. The molecule has 0 saturated heterocycles. The molecule has 112 valence electrons. The third-order valence-electron chi connectivity index (χ3n) is 3.88. The van der Waals surface area contributed by atoms with Crippen molar-refractivity contribution in [1.82, 2.24) is 4.90 Å². The first-order chi connectivity index (χ1) is 9.91. The van der Waals surface area contributed by atoms with Gasteiger partial charge in [-0.1, -0.05) is 36.4 Å². The van der Waals surface area contributed by atoms with Crippen LogP contribution >= 0.6 is 0 Å². The summed E-state index contributed by atoms with van der Waals surface area (Å²) >= 11 is 0. The maximum atomic E-state index is 11.3. The molecule has 0 aliphatic carbocycles. The predicted octanol–water partition coefficient (Wildman–Crippen LogP) is 2.80. The highest BCUT2D eigenvalue weighted by molar-refractivity contribution is 5.89. The number of primary amides is 1. The second-order valence-corrected chi connectivity index (χ2v) is 5.63. The van der Waals surface area contributed by atoms with Gasteiger partial charge in [0.25, 0.3) is 0 Å². The Bertz CT molecular complexity index is 652. The molecule has 1 atom stereocenters. The number of amides is 1. The number of rotatable bonds is 5. The van der Waals surface area contributed by atoms with E-state index in [0.29, 0.717) is 0 Å². The summed E-state index contributed by atoms with van der Waals surface area (Å²) < 4.78 is 0. The Balaban J connectivity index is 2.44. The number of carbonyl (C=O) groups excluding carboxylic acids is 1. The van der Waals surface area contributed by atoms with Gasteiger partial charge >= 0.3 is 0 Å². The molecule has 0 bridgehead atoms. The zero-order valence-corrected chi connectivity index (χ0v) is 12.7. The molecule has 4 heteroatoms. The molecule has 0 fully saturated rings. The lowest BCUT2D eigenvalue weighted by molar-refractivity contribution is -0.120. The van der Waals surface area contributed by atoms with Gasteiger partial charge in [0.1, 0.15) is 5.75 Å². The number of fused-ring (bicyclic) bond motifs is 1. The number of hydrogen-bond donors (Lipinski definition) is 2. The van der Waals surface area contributed by atoms with E-state index in [-0.39, 0.29) is 30.3 Å². The number of aromatic hydroxyl groups is 1. The average Bonchev–Trinajstić information content (AvgIpc) is 2.44. The van der Waals surface area contributed by atoms with Crippen molar-refractivity contribution in [3.05, 3.63) is 42.0 Å². The second kappa shape index (κ2) is 6.14. The quantitative estimate of drug-likeness (QED) is 0.888. The van der Waals surface area contributed by atoms with Gasteiger partial charge in [-0.25, -0.2) is 0 Å². The van der Waals surface area contributed by atoms with Gasteiger partial charge in [0.2, 0.25) is 5.91 Å². The van der Waals surface area contributed by atoms with Gasteiger partial charge in [-0.2, -0.15) is 0 Å². The third-order valence-corrected chi connectivity index (χ3v) is 3.88. The van der Waals surface area contributed by atoms with Crippen molar-refractivity contribution in [3.63, 3.8) is 0 Å². The Morgan fingerprint density at radius 1 is 1.19 bits per heavy atom. The highest BCUT2D eigenvalue weighted by atomic mass is 16.3. The Hall–Kier alpha value is -2.07. The second-order valence-electron chi connectivity index (χ2n) is 5.63. The van der Waals surface area contributed by atoms with Crippen LogP contribution in [0, 0.1) is 0 Å². The normalized spacial score (nSPS) is 13.0. The van der Waals surface area contributed by atoms with Crippen LogP contribution in [0.25, 0.3) is 10.8 Å². The topological polar surface area (TPSA) is 66.6 Å². The van der Waals surface area contributed by atoms with E-state index in [0.717, 1.165) is 16.3 Å². The highest BCUT2D eigenvalue weighted by Crippen LogP contribution is 2.35. The molecule has 0 heterocycles. The van der Waals surface area contributed by atoms with Crippen LogP contribution in [-0.4, -0.2) is 28.5 Å². The lowest BCUT2D eigenvalue weighted by Gasteiger charge is -2.32. The van der Waals surface area contributed by atoms with Crippen molar-refractivity contribution < 1.29 is 9.90 Å². The molecular weight excluding hydrogens is 264 g/mol. The number of nitrogens with two attached hydrogens (primary N) is 1. The number of benzene rings is 2. The lowest BCUT2D eigenvalue weighted by atomic mass is 9.99. The van der Waals surface area contributed by atoms with Crippen molar-refractivity contribution in [1.29, 1.82) is 0 Å². The largest absolute Gasteiger partial charge is 0.507 e. The van der Waals surface area contributed by atoms with E-state index in [4.69, 9.17) is 5.73 Å². The lowest BCUT2D eigenvalue weighted by Crippen LogP contribution is -2.40. The molecule has 1 unspecified atom stereocenters. The predicted molar refractivity (Wildman–Crippen MR) is 85.1 cm³/mol. The van der Waals surface area contributed by atoms with Crippen LogP contribution in [-0.2, 0) is 4.79 Å². The van der Waals surface area contributed by atoms with Crippen LogP contribution in [0.15, 0.2) is 36.4 Å². The van der Waals surface area contributed by atoms with E-state index < -0.39 is 0 Å². The summed E-state index contributed by atoms with van der Waals surface area (Å²) in [6, 6.07) is 11.7. The van der Waals surface area contributed by atoms with Crippen LogP contribution in [0.2, 0.25) is 0 Å². The number of phenolic OH excluding ortho intramolecular Hbond substituents is 1. The summed E-state index contributed by atoms with van der Waals surface area (Å²) in [4.78, 5) is 13.2. The van der Waals surface area contributed by atoms with Crippen LogP contribution < -0.4 is 5.73 Å². The molecule has 0 aromatic heterocycles. The molecule has 2 aromatic rings. The van der Waals surface area contributed by atoms with E-state index in [2.05, 4.69) is 0 Å². The molecule has 0 radical (unpaired) electrons. The molecule has 4 nitrogen and oxygen atoms in total. The Kier molecular flexibility index (Phi) is 4.48. The van der Waals surface area contributed by atoms with Gasteiger partial charge in [0, 0.05) is 23.0 Å². The molecular formula is C17H22N2O2. The highest BCUT2D eigenvalue weighted by Gasteiger charge is 2.23. The summed E-state index contributed by atoms with van der Waals surface area (Å²) in [6.07, 6.45) is 0. The smallest absolute Gasteiger partial charge is 0.231 e. The molecule has 0 aliphatic heterocycles. The van der Waals surface area contributed by atoms with E-state index >= 15 is 0 Å². The molecule has 0 spiro atoms. The van der Waals surface area contributed by atoms with Crippen molar-refractivity contribution in [3.8, 4) is 5.75 Å². The van der Waals surface area contributed by atoms with E-state index in [1.165, 1.54) is 0 Å². The van der Waals surface area contributed by atoms with Crippen molar-refractivity contribution in [2.24, 2.45) is 5.73 Å². The number of phenols is 1. The minimum atomic E-state index is -0.365. The Morgan fingerprint density at radius 3 is 2.48 bits per heavy atom. The fourth-order valence-electron chi connectivity index (χ4n) is 2.73. The first-order valence-electron chi connectivity index (χ1n) is 7.16. The SMILES string of the molecule is CC(C)N(CC(N)=O)C(C)c1ccc2ccccc2c1O. The van der Waals surface area contributed by atoms with Crippen LogP contribution in [0.4, 0.5) is 0 Å². The maximum Gasteiger partial charge on any atom is 0.231 e. The molecule has 0 saturated carbocycles. The van der Waals surface area contributed by atoms with Crippen molar-refractivity contribution in [2.75, 3.05) is 6.54 Å². The first-order valence-corrected chi connectivity index (χ1v) is 7.16. The zero-order valence-electron chi connectivity index (χ0n) is 12.7. The zero-order chi connectivity index (χ0) is 15.6. The molecule has 1 amide bonds. The Labute approximate surface area is 125 Å². The third kappa shape index (κ3) is 3.16. The molecule has 0 aliphatic rings. The number of nitrogens with zero attached hydrogens (tertiary/aromatic N) is 1. The fraction of sp³-hybridized carbons (Fsp3) is 0.353. The van der Waals surface area contributed by atoms with Gasteiger partial charge in [-0.15, -0.1) is 0 Å². The van der Waals surface area contributed by atoms with E-state index in [1.807, 2.05) is 62.1 Å². The van der Waals surface area contributed by atoms with Gasteiger partial charge < -0.3 is 10.8 Å². The van der Waals surface area contributed by atoms with Gasteiger partial charge in [0.15, 0.2) is 0 Å². The average molecular weight is 286 g/mol. The van der Waals surface area contributed by atoms with Gasteiger partial charge in [0.05, 0.1) is 6.54 Å². The molecule has 2 aromatic carbocycles. The van der Waals surface area contributed by atoms with Gasteiger partial charge in [-0.3, -0.25) is 9.69 Å². The summed E-state index contributed by atoms with van der Waals surface area (Å²) in [5, 5.41) is 12.4. The standard InChI is InChI=1S/C17H22N2O2/c1-11(2)19(10-16(18)20)12(3)14-9-8-13-6-4-5-7-15(13)17(14)21/h4-9,11-12,21H,10H2,1-3H3,(H2,18,20). The first kappa shape index (κ1) is 15.3. The van der Waals surface area contributed by atoms with Crippen LogP contribution in [0.1, 0.15) is 32.4 Å². The van der Waals surface area contributed by atoms with Gasteiger partial charge in [-0.05, 0) is 26.2 Å². The summed E-state index contributed by atoms with van der Waals surface area (Å²) in [6.45, 7) is 6.17.